The van der Waals surface area contributed by atoms with Crippen molar-refractivity contribution in [3.63, 3.8) is 0 Å². The van der Waals surface area contributed by atoms with Crippen molar-refractivity contribution in [2.75, 3.05) is 25.5 Å². The maximum Gasteiger partial charge on any atom is 0.221 e. The zero-order chi connectivity index (χ0) is 17.2. The van der Waals surface area contributed by atoms with Crippen LogP contribution >= 0.6 is 0 Å². The summed E-state index contributed by atoms with van der Waals surface area (Å²) in [6, 6.07) is 5.26. The molecule has 7 heteroatoms. The summed E-state index contributed by atoms with van der Waals surface area (Å²) in [6.07, 6.45) is 2.43. The molecule has 1 aromatic rings. The topological polar surface area (TPSA) is 90.7 Å². The molecule has 1 aliphatic heterocycles. The Kier molecular flexibility index (Phi) is 5.10. The largest absolute Gasteiger partial charge is 0.486 e. The van der Waals surface area contributed by atoms with E-state index in [0.717, 1.165) is 12.8 Å². The lowest BCUT2D eigenvalue weighted by Crippen LogP contribution is -2.53. The highest BCUT2D eigenvalue weighted by atomic mass is 32.2. The van der Waals surface area contributed by atoms with Gasteiger partial charge >= 0.3 is 0 Å². The molecule has 0 aromatic heterocycles. The van der Waals surface area contributed by atoms with Crippen LogP contribution in [0.1, 0.15) is 26.2 Å². The van der Waals surface area contributed by atoms with E-state index in [9.17, 15) is 9.00 Å². The Morgan fingerprint density at radius 3 is 2.71 bits per heavy atom. The van der Waals surface area contributed by atoms with Gasteiger partial charge in [0.2, 0.25) is 5.91 Å². The fraction of sp³-hybridized carbons (Fsp3) is 0.588. The van der Waals surface area contributed by atoms with Crippen molar-refractivity contribution in [2.45, 2.75) is 36.6 Å². The number of hydrogen-bond donors (Lipinski definition) is 2. The molecule has 1 heterocycles. The number of nitrogens with two attached hydrogens (primary N) is 1. The summed E-state index contributed by atoms with van der Waals surface area (Å²) in [5.41, 5.74) is 5.47. The SMILES string of the molecule is CC(CN)(NC(=O)CCS(=O)c1ccc2c(c1)OCCO2)C1CC1. The smallest absolute Gasteiger partial charge is 0.221 e. The maximum absolute atomic E-state index is 12.4. The molecule has 1 aliphatic carbocycles. The second-order valence-corrected chi connectivity index (χ2v) is 8.12. The van der Waals surface area contributed by atoms with E-state index in [0.29, 0.717) is 42.1 Å². The molecule has 2 aliphatic rings. The molecule has 1 amide bonds. The van der Waals surface area contributed by atoms with E-state index < -0.39 is 10.8 Å². The van der Waals surface area contributed by atoms with Gasteiger partial charge in [-0.15, -0.1) is 0 Å². The minimum atomic E-state index is -1.26. The van der Waals surface area contributed by atoms with Gasteiger partial charge < -0.3 is 20.5 Å². The molecule has 24 heavy (non-hydrogen) atoms. The van der Waals surface area contributed by atoms with Crippen LogP contribution in [-0.4, -0.2) is 41.2 Å². The van der Waals surface area contributed by atoms with Crippen molar-refractivity contribution in [3.8, 4) is 11.5 Å². The second kappa shape index (κ2) is 7.11. The minimum absolute atomic E-state index is 0.0965. The summed E-state index contributed by atoms with van der Waals surface area (Å²) >= 11 is 0. The molecular weight excluding hydrogens is 328 g/mol. The summed E-state index contributed by atoms with van der Waals surface area (Å²) in [5, 5.41) is 3.02. The summed E-state index contributed by atoms with van der Waals surface area (Å²) < 4.78 is 23.4. The van der Waals surface area contributed by atoms with Gasteiger partial charge in [-0.1, -0.05) is 0 Å². The Balaban J connectivity index is 1.54. The molecule has 2 unspecified atom stereocenters. The van der Waals surface area contributed by atoms with Gasteiger partial charge in [-0.25, -0.2) is 0 Å². The van der Waals surface area contributed by atoms with Gasteiger partial charge in [-0.2, -0.15) is 0 Å². The molecule has 0 radical (unpaired) electrons. The lowest BCUT2D eigenvalue weighted by Gasteiger charge is -2.29. The van der Waals surface area contributed by atoms with Gasteiger partial charge in [-0.05, 0) is 37.8 Å². The number of nitrogens with one attached hydrogen (secondary N) is 1. The molecule has 2 atom stereocenters. The van der Waals surface area contributed by atoms with Crippen LogP contribution in [0.2, 0.25) is 0 Å². The maximum atomic E-state index is 12.4. The van der Waals surface area contributed by atoms with Gasteiger partial charge in [0.1, 0.15) is 13.2 Å². The van der Waals surface area contributed by atoms with Crippen molar-refractivity contribution >= 4 is 16.7 Å². The molecule has 6 nitrogen and oxygen atoms in total. The third-order valence-corrected chi connectivity index (χ3v) is 5.97. The molecule has 0 spiro atoms. The van der Waals surface area contributed by atoms with Crippen LogP contribution in [0, 0.1) is 5.92 Å². The van der Waals surface area contributed by atoms with Crippen LogP contribution in [-0.2, 0) is 15.6 Å². The van der Waals surface area contributed by atoms with Gasteiger partial charge in [0.25, 0.3) is 0 Å². The molecular formula is C17H24N2O4S. The van der Waals surface area contributed by atoms with Crippen molar-refractivity contribution in [2.24, 2.45) is 11.7 Å². The van der Waals surface area contributed by atoms with Crippen LogP contribution in [0.4, 0.5) is 0 Å². The van der Waals surface area contributed by atoms with Gasteiger partial charge in [0, 0.05) is 29.7 Å². The predicted octanol–water partition coefficient (Wildman–Crippen LogP) is 1.20. The number of carbonyl (C=O) groups excluding carboxylic acids is 1. The van der Waals surface area contributed by atoms with E-state index in [2.05, 4.69) is 5.32 Å². The third kappa shape index (κ3) is 3.89. The van der Waals surface area contributed by atoms with E-state index in [-0.39, 0.29) is 23.6 Å². The highest BCUT2D eigenvalue weighted by molar-refractivity contribution is 7.85. The quantitative estimate of drug-likeness (QED) is 0.769. The number of fused-ring (bicyclic) bond motifs is 1. The van der Waals surface area contributed by atoms with E-state index in [1.54, 1.807) is 18.2 Å². The van der Waals surface area contributed by atoms with Crippen LogP contribution in [0.3, 0.4) is 0 Å². The Bertz CT molecular complexity index is 647. The predicted molar refractivity (Wildman–Crippen MR) is 91.7 cm³/mol. The monoisotopic (exact) mass is 352 g/mol. The molecule has 0 bridgehead atoms. The molecule has 132 valence electrons. The number of benzene rings is 1. The first-order chi connectivity index (χ1) is 11.5. The molecule has 3 rings (SSSR count). The standard InChI is InChI=1S/C17H24N2O4S/c1-17(11-18,12-2-3-12)19-16(20)6-9-24(21)13-4-5-14-15(10-13)23-8-7-22-14/h4-5,10,12H,2-3,6-9,11,18H2,1H3,(H,19,20). The lowest BCUT2D eigenvalue weighted by atomic mass is 9.96. The first-order valence-electron chi connectivity index (χ1n) is 8.31. The summed E-state index contributed by atoms with van der Waals surface area (Å²) in [6.45, 7) is 3.43. The number of hydrogen-bond acceptors (Lipinski definition) is 5. The van der Waals surface area contributed by atoms with Gasteiger partial charge in [-0.3, -0.25) is 9.00 Å². The molecule has 1 fully saturated rings. The van der Waals surface area contributed by atoms with Crippen LogP contribution < -0.4 is 20.5 Å². The number of rotatable bonds is 7. The normalized spacial score (nSPS) is 20.1. The number of amides is 1. The lowest BCUT2D eigenvalue weighted by molar-refractivity contribution is -0.122. The zero-order valence-electron chi connectivity index (χ0n) is 13.9. The van der Waals surface area contributed by atoms with Crippen molar-refractivity contribution in [1.29, 1.82) is 0 Å². The van der Waals surface area contributed by atoms with Gasteiger partial charge in [0.15, 0.2) is 11.5 Å². The van der Waals surface area contributed by atoms with E-state index in [4.69, 9.17) is 15.2 Å². The Hall–Kier alpha value is -1.60. The zero-order valence-corrected chi connectivity index (χ0v) is 14.7. The highest BCUT2D eigenvalue weighted by Crippen LogP contribution is 2.39. The van der Waals surface area contributed by atoms with Gasteiger partial charge in [0.05, 0.1) is 16.3 Å². The van der Waals surface area contributed by atoms with E-state index in [1.165, 1.54) is 0 Å². The fourth-order valence-corrected chi connectivity index (χ4v) is 3.95. The average Bonchev–Trinajstić information content (AvgIpc) is 3.44. The minimum Gasteiger partial charge on any atom is -0.486 e. The number of carbonyl (C=O) groups is 1. The van der Waals surface area contributed by atoms with Crippen LogP contribution in [0.25, 0.3) is 0 Å². The van der Waals surface area contributed by atoms with Crippen LogP contribution in [0.5, 0.6) is 11.5 Å². The van der Waals surface area contributed by atoms with E-state index in [1.807, 2.05) is 6.92 Å². The highest BCUT2D eigenvalue weighted by Gasteiger charge is 2.41. The average molecular weight is 352 g/mol. The summed E-state index contributed by atoms with van der Waals surface area (Å²) in [4.78, 5) is 12.8. The molecule has 1 saturated carbocycles. The summed E-state index contributed by atoms with van der Waals surface area (Å²) in [5.74, 6) is 1.93. The second-order valence-electron chi connectivity index (χ2n) is 6.55. The van der Waals surface area contributed by atoms with E-state index >= 15 is 0 Å². The first-order valence-corrected chi connectivity index (χ1v) is 9.63. The van der Waals surface area contributed by atoms with Crippen molar-refractivity contribution < 1.29 is 18.5 Å². The Morgan fingerprint density at radius 1 is 1.33 bits per heavy atom. The Labute approximate surface area is 144 Å². The molecule has 3 N–H and O–H groups in total. The Morgan fingerprint density at radius 2 is 2.04 bits per heavy atom. The summed E-state index contributed by atoms with van der Waals surface area (Å²) in [7, 11) is -1.26. The first kappa shape index (κ1) is 17.2. The molecule has 1 aromatic carbocycles. The van der Waals surface area contributed by atoms with Crippen LogP contribution in [0.15, 0.2) is 23.1 Å². The third-order valence-electron chi connectivity index (χ3n) is 4.62. The van der Waals surface area contributed by atoms with Crippen molar-refractivity contribution in [1.82, 2.24) is 5.32 Å². The molecule has 0 saturated heterocycles. The fourth-order valence-electron chi connectivity index (χ4n) is 2.89. The van der Waals surface area contributed by atoms with Crippen molar-refractivity contribution in [3.05, 3.63) is 18.2 Å². The number of ether oxygens (including phenoxy) is 2.